The number of hydrogen-bond donors (Lipinski definition) is 0. The first-order valence-corrected chi connectivity index (χ1v) is 7.79. The summed E-state index contributed by atoms with van der Waals surface area (Å²) < 4.78 is 0. The van der Waals surface area contributed by atoms with Gasteiger partial charge in [-0.05, 0) is 23.0 Å². The highest BCUT2D eigenvalue weighted by Gasteiger charge is 2.12. The fraction of sp³-hybridized carbons (Fsp3) is 0.600. The Bertz CT molecular complexity index is 324. The molecule has 1 aromatic carbocycles. The van der Waals surface area contributed by atoms with Gasteiger partial charge in [0.2, 0.25) is 0 Å². The maximum atomic E-state index is 5.74. The molecule has 2 heteroatoms. The zero-order valence-electron chi connectivity index (χ0n) is 11.3. The van der Waals surface area contributed by atoms with Gasteiger partial charge in [0.25, 0.3) is 0 Å². The monoisotopic (exact) mass is 270 g/mol. The van der Waals surface area contributed by atoms with E-state index in [9.17, 15) is 0 Å². The zero-order valence-corrected chi connectivity index (χ0v) is 12.9. The Morgan fingerprint density at radius 3 is 2.24 bits per heavy atom. The van der Waals surface area contributed by atoms with Gasteiger partial charge in [0.15, 0.2) is 0 Å². The third-order valence-electron chi connectivity index (χ3n) is 2.87. The lowest BCUT2D eigenvalue weighted by atomic mass is 9.87. The highest BCUT2D eigenvalue weighted by Crippen LogP contribution is 2.25. The van der Waals surface area contributed by atoms with Crippen LogP contribution >= 0.6 is 23.4 Å². The fourth-order valence-corrected chi connectivity index (χ4v) is 2.99. The van der Waals surface area contributed by atoms with Crippen molar-refractivity contribution >= 4 is 23.4 Å². The molecule has 96 valence electrons. The van der Waals surface area contributed by atoms with Crippen LogP contribution in [0.4, 0.5) is 0 Å². The Kier molecular flexibility index (Phi) is 5.88. The molecule has 0 bridgehead atoms. The van der Waals surface area contributed by atoms with Crippen molar-refractivity contribution in [1.29, 1.82) is 0 Å². The van der Waals surface area contributed by atoms with Gasteiger partial charge in [0.1, 0.15) is 0 Å². The summed E-state index contributed by atoms with van der Waals surface area (Å²) in [5, 5.41) is 0.648. The summed E-state index contributed by atoms with van der Waals surface area (Å²) in [4.78, 5) is 0. The maximum absolute atomic E-state index is 5.74. The molecule has 0 N–H and O–H groups in total. The third kappa shape index (κ3) is 5.35. The topological polar surface area (TPSA) is 0 Å². The van der Waals surface area contributed by atoms with Crippen LogP contribution in [0.3, 0.4) is 0 Å². The van der Waals surface area contributed by atoms with Gasteiger partial charge in [0.05, 0.1) is 0 Å². The minimum Gasteiger partial charge on any atom is -0.154 e. The van der Waals surface area contributed by atoms with Crippen LogP contribution < -0.4 is 0 Å². The summed E-state index contributed by atoms with van der Waals surface area (Å²) in [6, 6.07) is 9.01. The van der Waals surface area contributed by atoms with E-state index in [1.54, 1.807) is 0 Å². The van der Waals surface area contributed by atoms with Gasteiger partial charge in [-0.15, -0.1) is 11.6 Å². The molecule has 0 fully saturated rings. The molecule has 0 aliphatic heterocycles. The van der Waals surface area contributed by atoms with Gasteiger partial charge >= 0.3 is 0 Å². The van der Waals surface area contributed by atoms with Gasteiger partial charge in [-0.1, -0.05) is 52.0 Å². The lowest BCUT2D eigenvalue weighted by Gasteiger charge is -2.19. The summed E-state index contributed by atoms with van der Waals surface area (Å²) in [7, 11) is 0. The van der Waals surface area contributed by atoms with Crippen LogP contribution in [0.25, 0.3) is 0 Å². The van der Waals surface area contributed by atoms with E-state index in [2.05, 4.69) is 52.0 Å². The summed E-state index contributed by atoms with van der Waals surface area (Å²) >= 11 is 7.72. The van der Waals surface area contributed by atoms with Gasteiger partial charge in [-0.25, -0.2) is 0 Å². The van der Waals surface area contributed by atoms with Crippen LogP contribution in [0.1, 0.15) is 45.2 Å². The van der Waals surface area contributed by atoms with E-state index in [4.69, 9.17) is 11.6 Å². The molecule has 0 nitrogen and oxygen atoms in total. The lowest BCUT2D eigenvalue weighted by molar-refractivity contribution is 0.590. The Morgan fingerprint density at radius 2 is 1.76 bits per heavy atom. The Labute approximate surface area is 115 Å². The van der Waals surface area contributed by atoms with Gasteiger partial charge in [0, 0.05) is 16.9 Å². The van der Waals surface area contributed by atoms with Crippen molar-refractivity contribution in [3.8, 4) is 0 Å². The number of rotatable bonds is 5. The Morgan fingerprint density at radius 1 is 1.18 bits per heavy atom. The molecule has 0 heterocycles. The van der Waals surface area contributed by atoms with Crippen molar-refractivity contribution in [2.75, 3.05) is 5.88 Å². The Hall–Kier alpha value is -0.140. The second-order valence-electron chi connectivity index (χ2n) is 5.55. The van der Waals surface area contributed by atoms with E-state index >= 15 is 0 Å². The summed E-state index contributed by atoms with van der Waals surface area (Å²) in [6.45, 7) is 8.99. The van der Waals surface area contributed by atoms with Crippen molar-refractivity contribution < 1.29 is 0 Å². The van der Waals surface area contributed by atoms with Crippen molar-refractivity contribution in [2.45, 2.75) is 50.5 Å². The van der Waals surface area contributed by atoms with Gasteiger partial charge < -0.3 is 0 Å². The molecule has 0 spiro atoms. The average molecular weight is 271 g/mol. The first-order valence-electron chi connectivity index (χ1n) is 6.20. The molecule has 0 saturated heterocycles. The number of halogens is 1. The standard InChI is InChI=1S/C15H23ClS/c1-12(9-10-16)17-11-13-5-7-14(8-6-13)15(2,3)4/h5-8,12H,9-11H2,1-4H3. The van der Waals surface area contributed by atoms with E-state index in [-0.39, 0.29) is 5.41 Å². The molecule has 0 aromatic heterocycles. The molecule has 1 unspecified atom stereocenters. The van der Waals surface area contributed by atoms with Crippen molar-refractivity contribution in [2.24, 2.45) is 0 Å². The highest BCUT2D eigenvalue weighted by molar-refractivity contribution is 7.99. The van der Waals surface area contributed by atoms with Crippen LogP contribution in [-0.4, -0.2) is 11.1 Å². The molecule has 0 radical (unpaired) electrons. The minimum absolute atomic E-state index is 0.248. The molecule has 1 atom stereocenters. The van der Waals surface area contributed by atoms with Crippen LogP contribution in [0, 0.1) is 0 Å². The van der Waals surface area contributed by atoms with Crippen LogP contribution in [0.2, 0.25) is 0 Å². The largest absolute Gasteiger partial charge is 0.154 e. The number of alkyl halides is 1. The van der Waals surface area contributed by atoms with Crippen molar-refractivity contribution in [1.82, 2.24) is 0 Å². The van der Waals surface area contributed by atoms with Crippen LogP contribution in [0.15, 0.2) is 24.3 Å². The summed E-state index contributed by atoms with van der Waals surface area (Å²) in [5.74, 6) is 1.85. The number of benzene rings is 1. The van der Waals surface area contributed by atoms with Crippen LogP contribution in [-0.2, 0) is 11.2 Å². The SMILES string of the molecule is CC(CCCl)SCc1ccc(C(C)(C)C)cc1. The van der Waals surface area contributed by atoms with E-state index in [1.807, 2.05) is 11.8 Å². The lowest BCUT2D eigenvalue weighted by Crippen LogP contribution is -2.10. The van der Waals surface area contributed by atoms with Crippen LogP contribution in [0.5, 0.6) is 0 Å². The second-order valence-corrected chi connectivity index (χ2v) is 7.35. The highest BCUT2D eigenvalue weighted by atomic mass is 35.5. The first kappa shape index (κ1) is 14.9. The molecule has 17 heavy (non-hydrogen) atoms. The molecule has 0 amide bonds. The number of thioether (sulfide) groups is 1. The minimum atomic E-state index is 0.248. The van der Waals surface area contributed by atoms with Crippen molar-refractivity contribution in [3.63, 3.8) is 0 Å². The van der Waals surface area contributed by atoms with Gasteiger partial charge in [-0.2, -0.15) is 11.8 Å². The van der Waals surface area contributed by atoms with Gasteiger partial charge in [-0.3, -0.25) is 0 Å². The van der Waals surface area contributed by atoms with E-state index in [0.717, 1.165) is 18.1 Å². The van der Waals surface area contributed by atoms with E-state index in [1.165, 1.54) is 11.1 Å². The summed E-state index contributed by atoms with van der Waals surface area (Å²) in [6.07, 6.45) is 1.09. The van der Waals surface area contributed by atoms with E-state index < -0.39 is 0 Å². The quantitative estimate of drug-likeness (QED) is 0.660. The third-order valence-corrected chi connectivity index (χ3v) is 4.39. The average Bonchev–Trinajstić information content (AvgIpc) is 2.26. The number of hydrogen-bond acceptors (Lipinski definition) is 1. The smallest absolute Gasteiger partial charge is 0.0233 e. The molecular formula is C15H23ClS. The predicted octanol–water partition coefficient (Wildman–Crippen LogP) is 5.23. The maximum Gasteiger partial charge on any atom is 0.0233 e. The molecular weight excluding hydrogens is 248 g/mol. The normalized spacial score (nSPS) is 13.7. The molecule has 0 saturated carbocycles. The second kappa shape index (κ2) is 6.70. The zero-order chi connectivity index (χ0) is 12.9. The molecule has 1 rings (SSSR count). The summed E-state index contributed by atoms with van der Waals surface area (Å²) in [5.41, 5.74) is 3.06. The fourth-order valence-electron chi connectivity index (χ4n) is 1.58. The Balaban J connectivity index is 2.51. The molecule has 0 aliphatic carbocycles. The van der Waals surface area contributed by atoms with Crippen molar-refractivity contribution in [3.05, 3.63) is 35.4 Å². The molecule has 0 aliphatic rings. The molecule has 1 aromatic rings. The van der Waals surface area contributed by atoms with E-state index in [0.29, 0.717) is 5.25 Å². The predicted molar refractivity (Wildman–Crippen MR) is 81.2 cm³/mol. The first-order chi connectivity index (χ1) is 7.93.